The van der Waals surface area contributed by atoms with Gasteiger partial charge in [0.1, 0.15) is 12.2 Å². The number of carbonyl (C=O) groups is 1. The van der Waals surface area contributed by atoms with E-state index in [1.807, 2.05) is 6.92 Å². The molecular weight excluding hydrogens is 320 g/mol. The molecule has 0 aromatic rings. The minimum absolute atomic E-state index is 0.115. The monoisotopic (exact) mass is 352 g/mol. The molecule has 25 heavy (non-hydrogen) atoms. The van der Waals surface area contributed by atoms with Crippen LogP contribution in [0, 0.1) is 22.7 Å². The van der Waals surface area contributed by atoms with E-state index in [0.29, 0.717) is 6.42 Å². The Morgan fingerprint density at radius 1 is 1.20 bits per heavy atom. The van der Waals surface area contributed by atoms with Crippen LogP contribution in [0.25, 0.3) is 0 Å². The maximum atomic E-state index is 11.6. The van der Waals surface area contributed by atoms with Gasteiger partial charge in [-0.25, -0.2) is 4.79 Å². The van der Waals surface area contributed by atoms with Gasteiger partial charge in [0.15, 0.2) is 0 Å². The van der Waals surface area contributed by atoms with E-state index in [4.69, 9.17) is 4.74 Å². The summed E-state index contributed by atoms with van der Waals surface area (Å²) in [5.74, 6) is -0.734. The first-order valence-electron chi connectivity index (χ1n) is 9.38. The highest BCUT2D eigenvalue weighted by molar-refractivity contribution is 5.85. The van der Waals surface area contributed by atoms with Crippen molar-refractivity contribution in [3.8, 4) is 0 Å². The topological polar surface area (TPSA) is 87.0 Å². The van der Waals surface area contributed by atoms with E-state index < -0.39 is 17.8 Å². The molecule has 2 fully saturated rings. The van der Waals surface area contributed by atoms with Crippen molar-refractivity contribution in [1.82, 2.24) is 0 Å². The van der Waals surface area contributed by atoms with Crippen LogP contribution in [0.1, 0.15) is 60.3 Å². The second-order valence-corrected chi connectivity index (χ2v) is 9.59. The molecule has 3 N–H and O–H groups in total. The molecule has 5 heteroatoms. The van der Waals surface area contributed by atoms with Gasteiger partial charge in [0.2, 0.25) is 0 Å². The predicted molar refractivity (Wildman–Crippen MR) is 93.6 cm³/mol. The van der Waals surface area contributed by atoms with Gasteiger partial charge in [-0.15, -0.1) is 0 Å². The molecule has 5 nitrogen and oxygen atoms in total. The Morgan fingerprint density at radius 3 is 2.40 bits per heavy atom. The van der Waals surface area contributed by atoms with E-state index in [9.17, 15) is 20.1 Å². The minimum atomic E-state index is -1.44. The van der Waals surface area contributed by atoms with E-state index >= 15 is 0 Å². The van der Waals surface area contributed by atoms with Crippen LogP contribution in [0.15, 0.2) is 11.6 Å². The third-order valence-electron chi connectivity index (χ3n) is 7.42. The van der Waals surface area contributed by atoms with Crippen molar-refractivity contribution in [2.24, 2.45) is 22.7 Å². The van der Waals surface area contributed by atoms with Gasteiger partial charge in [-0.1, -0.05) is 27.2 Å². The van der Waals surface area contributed by atoms with Crippen LogP contribution < -0.4 is 0 Å². The summed E-state index contributed by atoms with van der Waals surface area (Å²) in [5.41, 5.74) is -1.04. The molecular formula is C20H32O5. The van der Waals surface area contributed by atoms with Crippen LogP contribution in [0.3, 0.4) is 0 Å². The third kappa shape index (κ3) is 2.75. The fourth-order valence-electron chi connectivity index (χ4n) is 6.28. The van der Waals surface area contributed by atoms with Gasteiger partial charge in [0, 0.05) is 6.08 Å². The van der Waals surface area contributed by atoms with Gasteiger partial charge < -0.3 is 20.1 Å². The summed E-state index contributed by atoms with van der Waals surface area (Å²) in [6, 6.07) is 0. The van der Waals surface area contributed by atoms with Crippen molar-refractivity contribution < 1.29 is 24.9 Å². The number of rotatable bonds is 2. The number of ether oxygens (including phenoxy) is 1. The van der Waals surface area contributed by atoms with Gasteiger partial charge in [-0.05, 0) is 61.3 Å². The lowest BCUT2D eigenvalue weighted by Crippen LogP contribution is -2.70. The number of hydrogen-bond donors (Lipinski definition) is 3. The number of hydrogen-bond acceptors (Lipinski definition) is 5. The van der Waals surface area contributed by atoms with Crippen LogP contribution in [0.5, 0.6) is 0 Å². The lowest BCUT2D eigenvalue weighted by molar-refractivity contribution is -0.269. The maximum absolute atomic E-state index is 11.6. The lowest BCUT2D eigenvalue weighted by atomic mass is 9.43. The minimum Gasteiger partial charge on any atom is -0.455 e. The first-order chi connectivity index (χ1) is 11.4. The summed E-state index contributed by atoms with van der Waals surface area (Å²) in [6.45, 7) is 9.89. The molecule has 0 bridgehead atoms. The molecule has 2 saturated carbocycles. The summed E-state index contributed by atoms with van der Waals surface area (Å²) >= 11 is 0. The lowest BCUT2D eigenvalue weighted by Gasteiger charge is -2.64. The Hall–Kier alpha value is -0.910. The van der Waals surface area contributed by atoms with Crippen molar-refractivity contribution in [1.29, 1.82) is 0 Å². The van der Waals surface area contributed by atoms with Gasteiger partial charge in [-0.3, -0.25) is 0 Å². The molecule has 142 valence electrons. The van der Waals surface area contributed by atoms with Gasteiger partial charge in [0.05, 0.1) is 11.7 Å². The van der Waals surface area contributed by atoms with Crippen molar-refractivity contribution in [2.45, 2.75) is 84.2 Å². The SMILES string of the molecule is CC1=CC(=O)OC1C[C@H]1[C@](C)(O)[C@@H](O)[C@H](O)[C@H]2C(C)(C)CCC[C@@]21C. The number of esters is 1. The van der Waals surface area contributed by atoms with Crippen molar-refractivity contribution in [3.05, 3.63) is 11.6 Å². The molecule has 0 saturated heterocycles. The Balaban J connectivity index is 2.01. The van der Waals surface area contributed by atoms with Crippen molar-refractivity contribution in [2.75, 3.05) is 0 Å². The largest absolute Gasteiger partial charge is 0.455 e. The zero-order chi connectivity index (χ0) is 18.8. The van der Waals surface area contributed by atoms with Gasteiger partial charge in [-0.2, -0.15) is 0 Å². The molecule has 0 aromatic carbocycles. The van der Waals surface area contributed by atoms with Crippen LogP contribution >= 0.6 is 0 Å². The number of fused-ring (bicyclic) bond motifs is 1. The first kappa shape index (κ1) is 18.9. The highest BCUT2D eigenvalue weighted by Gasteiger charge is 2.65. The van der Waals surface area contributed by atoms with E-state index in [2.05, 4.69) is 20.8 Å². The Morgan fingerprint density at radius 2 is 1.84 bits per heavy atom. The van der Waals surface area contributed by atoms with E-state index in [1.165, 1.54) is 6.08 Å². The first-order valence-corrected chi connectivity index (χ1v) is 9.38. The standard InChI is InChI=1S/C20H32O5/c1-11-9-14(21)25-12(11)10-13-19(4)8-6-7-18(2,3)16(19)15(22)17(23)20(13,5)24/h9,12-13,15-17,22-24H,6-8,10H2,1-5H3/t12?,13-,15-,16+,17+,19-,20+/m1/s1. The second-order valence-electron chi connectivity index (χ2n) is 9.59. The third-order valence-corrected chi connectivity index (χ3v) is 7.42. The Labute approximate surface area is 150 Å². The number of cyclic esters (lactones) is 1. The van der Waals surface area contributed by atoms with Gasteiger partial charge in [0.25, 0.3) is 0 Å². The van der Waals surface area contributed by atoms with Crippen LogP contribution in [0.2, 0.25) is 0 Å². The van der Waals surface area contributed by atoms with Crippen molar-refractivity contribution in [3.63, 3.8) is 0 Å². The summed E-state index contributed by atoms with van der Waals surface area (Å²) < 4.78 is 5.42. The number of aliphatic hydroxyl groups excluding tert-OH is 2. The molecule has 0 radical (unpaired) electrons. The van der Waals surface area contributed by atoms with E-state index in [1.54, 1.807) is 6.92 Å². The molecule has 0 spiro atoms. The zero-order valence-electron chi connectivity index (χ0n) is 16.0. The summed E-state index contributed by atoms with van der Waals surface area (Å²) in [6.07, 6.45) is 2.32. The summed E-state index contributed by atoms with van der Waals surface area (Å²) in [7, 11) is 0. The molecule has 0 aromatic heterocycles. The molecule has 7 atom stereocenters. The number of carbonyl (C=O) groups excluding carboxylic acids is 1. The summed E-state index contributed by atoms with van der Waals surface area (Å²) in [4.78, 5) is 11.6. The molecule has 0 amide bonds. The van der Waals surface area contributed by atoms with E-state index in [-0.39, 0.29) is 34.7 Å². The fraction of sp³-hybridized carbons (Fsp3) is 0.850. The fourth-order valence-corrected chi connectivity index (χ4v) is 6.28. The molecule has 1 heterocycles. The quantitative estimate of drug-likeness (QED) is 0.663. The van der Waals surface area contributed by atoms with E-state index in [0.717, 1.165) is 24.8 Å². The second kappa shape index (κ2) is 5.80. The maximum Gasteiger partial charge on any atom is 0.331 e. The molecule has 3 aliphatic rings. The molecule has 1 aliphatic heterocycles. The molecule has 2 aliphatic carbocycles. The smallest absolute Gasteiger partial charge is 0.331 e. The Kier molecular flexibility index (Phi) is 4.37. The summed E-state index contributed by atoms with van der Waals surface area (Å²) in [5, 5.41) is 32.8. The highest BCUT2D eigenvalue weighted by atomic mass is 16.5. The van der Waals surface area contributed by atoms with Crippen LogP contribution in [0.4, 0.5) is 0 Å². The zero-order valence-corrected chi connectivity index (χ0v) is 16.0. The van der Waals surface area contributed by atoms with Gasteiger partial charge >= 0.3 is 5.97 Å². The molecule has 3 rings (SSSR count). The highest BCUT2D eigenvalue weighted by Crippen LogP contribution is 2.63. The average molecular weight is 352 g/mol. The predicted octanol–water partition coefficient (Wildman–Crippen LogP) is 2.18. The number of aliphatic hydroxyl groups is 3. The van der Waals surface area contributed by atoms with Crippen LogP contribution in [-0.4, -0.2) is 45.2 Å². The normalized spacial score (nSPS) is 49.4. The Bertz CT molecular complexity index is 593. The average Bonchev–Trinajstić information content (AvgIpc) is 2.79. The van der Waals surface area contributed by atoms with Crippen molar-refractivity contribution >= 4 is 5.97 Å². The molecule has 1 unspecified atom stereocenters. The van der Waals surface area contributed by atoms with Crippen LogP contribution in [-0.2, 0) is 9.53 Å².